The van der Waals surface area contributed by atoms with E-state index in [4.69, 9.17) is 11.6 Å². The highest BCUT2D eigenvalue weighted by atomic mass is 35.5. The van der Waals surface area contributed by atoms with E-state index in [1.807, 2.05) is 38.1 Å². The molecule has 1 aromatic heterocycles. The van der Waals surface area contributed by atoms with Crippen molar-refractivity contribution in [3.05, 3.63) is 46.2 Å². The Morgan fingerprint density at radius 2 is 1.90 bits per heavy atom. The normalized spacial score (nSPS) is 11.0. The van der Waals surface area contributed by atoms with Gasteiger partial charge in [0.2, 0.25) is 0 Å². The van der Waals surface area contributed by atoms with Gasteiger partial charge in [0.25, 0.3) is 5.91 Å². The first-order valence-electron chi connectivity index (χ1n) is 7.00. The Morgan fingerprint density at radius 3 is 2.48 bits per heavy atom. The molecule has 5 heteroatoms. The van der Waals surface area contributed by atoms with E-state index in [1.165, 1.54) is 0 Å². The predicted octanol–water partition coefficient (Wildman–Crippen LogP) is 3.53. The third kappa shape index (κ3) is 3.45. The van der Waals surface area contributed by atoms with Crippen LogP contribution in [0.15, 0.2) is 24.3 Å². The van der Waals surface area contributed by atoms with Gasteiger partial charge in [-0.1, -0.05) is 25.4 Å². The number of nitrogens with zero attached hydrogens (tertiary/aromatic N) is 2. The van der Waals surface area contributed by atoms with Gasteiger partial charge < -0.3 is 5.32 Å². The van der Waals surface area contributed by atoms with E-state index in [-0.39, 0.29) is 5.91 Å². The van der Waals surface area contributed by atoms with Crippen molar-refractivity contribution in [3.8, 4) is 5.69 Å². The zero-order chi connectivity index (χ0) is 15.6. The molecule has 0 aliphatic carbocycles. The highest BCUT2D eigenvalue weighted by Crippen LogP contribution is 2.19. The quantitative estimate of drug-likeness (QED) is 0.939. The summed E-state index contributed by atoms with van der Waals surface area (Å²) in [5.41, 5.74) is 3.09. The molecule has 2 aromatic rings. The zero-order valence-corrected chi connectivity index (χ0v) is 13.5. The molecule has 0 unspecified atom stereocenters. The number of hydrogen-bond donors (Lipinski definition) is 1. The summed E-state index contributed by atoms with van der Waals surface area (Å²) in [5.74, 6) is 0.347. The number of carbonyl (C=O) groups excluding carboxylic acids is 1. The number of aryl methyl sites for hydroxylation is 1. The van der Waals surface area contributed by atoms with Gasteiger partial charge in [0.15, 0.2) is 0 Å². The van der Waals surface area contributed by atoms with Crippen molar-refractivity contribution in [3.63, 3.8) is 0 Å². The first-order chi connectivity index (χ1) is 9.90. The molecule has 0 saturated heterocycles. The summed E-state index contributed by atoms with van der Waals surface area (Å²) in [6.45, 7) is 8.54. The molecule has 0 radical (unpaired) electrons. The van der Waals surface area contributed by atoms with Crippen LogP contribution in [0.5, 0.6) is 0 Å². The topological polar surface area (TPSA) is 46.9 Å². The fourth-order valence-corrected chi connectivity index (χ4v) is 2.32. The Hall–Kier alpha value is -1.81. The van der Waals surface area contributed by atoms with Crippen molar-refractivity contribution in [2.24, 2.45) is 5.92 Å². The van der Waals surface area contributed by atoms with E-state index in [9.17, 15) is 4.79 Å². The van der Waals surface area contributed by atoms with Crippen LogP contribution in [-0.2, 0) is 0 Å². The number of hydrogen-bond acceptors (Lipinski definition) is 2. The SMILES string of the molecule is Cc1nn(-c2ccc(Cl)cc2)c(C)c1C(=O)NCC(C)C. The van der Waals surface area contributed by atoms with Crippen molar-refractivity contribution in [2.45, 2.75) is 27.7 Å². The largest absolute Gasteiger partial charge is 0.352 e. The molecular formula is C16H20ClN3O. The van der Waals surface area contributed by atoms with E-state index in [2.05, 4.69) is 24.3 Å². The van der Waals surface area contributed by atoms with Crippen LogP contribution < -0.4 is 5.32 Å². The van der Waals surface area contributed by atoms with E-state index in [1.54, 1.807) is 4.68 Å². The van der Waals surface area contributed by atoms with Crippen LogP contribution in [0.2, 0.25) is 5.02 Å². The number of carbonyl (C=O) groups is 1. The third-order valence-electron chi connectivity index (χ3n) is 3.26. The summed E-state index contributed by atoms with van der Waals surface area (Å²) in [6, 6.07) is 7.40. The van der Waals surface area contributed by atoms with Gasteiger partial charge in [0.1, 0.15) is 0 Å². The first kappa shape index (κ1) is 15.6. The molecule has 2 rings (SSSR count). The van der Waals surface area contributed by atoms with Gasteiger partial charge in [-0.3, -0.25) is 4.79 Å². The van der Waals surface area contributed by atoms with Crippen LogP contribution in [-0.4, -0.2) is 22.2 Å². The molecule has 0 aliphatic heterocycles. The number of benzene rings is 1. The van der Waals surface area contributed by atoms with Gasteiger partial charge in [-0.15, -0.1) is 0 Å². The van der Waals surface area contributed by atoms with Gasteiger partial charge in [0, 0.05) is 11.6 Å². The molecule has 0 bridgehead atoms. The molecule has 1 N–H and O–H groups in total. The van der Waals surface area contributed by atoms with E-state index in [0.29, 0.717) is 23.0 Å². The Labute approximate surface area is 130 Å². The molecule has 1 amide bonds. The average molecular weight is 306 g/mol. The summed E-state index contributed by atoms with van der Waals surface area (Å²) in [5, 5.41) is 8.09. The van der Waals surface area contributed by atoms with Crippen molar-refractivity contribution in [1.82, 2.24) is 15.1 Å². The van der Waals surface area contributed by atoms with Crippen molar-refractivity contribution < 1.29 is 4.79 Å². The molecule has 0 fully saturated rings. The summed E-state index contributed by atoms with van der Waals surface area (Å²) in [4.78, 5) is 12.3. The van der Waals surface area contributed by atoms with Crippen LogP contribution >= 0.6 is 11.6 Å². The molecule has 0 spiro atoms. The monoisotopic (exact) mass is 305 g/mol. The van der Waals surface area contributed by atoms with Crippen LogP contribution in [0.25, 0.3) is 5.69 Å². The Morgan fingerprint density at radius 1 is 1.29 bits per heavy atom. The molecule has 4 nitrogen and oxygen atoms in total. The lowest BCUT2D eigenvalue weighted by atomic mass is 10.1. The van der Waals surface area contributed by atoms with E-state index in [0.717, 1.165) is 17.1 Å². The van der Waals surface area contributed by atoms with Gasteiger partial charge in [-0.2, -0.15) is 5.10 Å². The molecule has 21 heavy (non-hydrogen) atoms. The number of nitrogens with one attached hydrogen (secondary N) is 1. The minimum absolute atomic E-state index is 0.0705. The fourth-order valence-electron chi connectivity index (χ4n) is 2.19. The standard InChI is InChI=1S/C16H20ClN3O/c1-10(2)9-18-16(21)15-11(3)19-20(12(15)4)14-7-5-13(17)6-8-14/h5-8,10H,9H2,1-4H3,(H,18,21). The zero-order valence-electron chi connectivity index (χ0n) is 12.8. The minimum atomic E-state index is -0.0705. The smallest absolute Gasteiger partial charge is 0.255 e. The van der Waals surface area contributed by atoms with Gasteiger partial charge >= 0.3 is 0 Å². The molecular weight excluding hydrogens is 286 g/mol. The van der Waals surface area contributed by atoms with Crippen molar-refractivity contribution in [2.75, 3.05) is 6.54 Å². The molecule has 0 saturated carbocycles. The predicted molar refractivity (Wildman–Crippen MR) is 85.2 cm³/mol. The van der Waals surface area contributed by atoms with Crippen LogP contribution in [0, 0.1) is 19.8 Å². The molecule has 1 heterocycles. The second-order valence-electron chi connectivity index (χ2n) is 5.54. The molecule has 0 atom stereocenters. The van der Waals surface area contributed by atoms with Gasteiger partial charge in [-0.05, 0) is 44.0 Å². The first-order valence-corrected chi connectivity index (χ1v) is 7.38. The maximum absolute atomic E-state index is 12.3. The summed E-state index contributed by atoms with van der Waals surface area (Å²) >= 11 is 5.90. The highest BCUT2D eigenvalue weighted by Gasteiger charge is 2.19. The molecule has 0 aliphatic rings. The second kappa shape index (κ2) is 6.31. The highest BCUT2D eigenvalue weighted by molar-refractivity contribution is 6.30. The van der Waals surface area contributed by atoms with Gasteiger partial charge in [0.05, 0.1) is 22.6 Å². The van der Waals surface area contributed by atoms with Gasteiger partial charge in [-0.25, -0.2) is 4.68 Å². The Bertz CT molecular complexity index is 644. The van der Waals surface area contributed by atoms with Crippen LogP contribution in [0.4, 0.5) is 0 Å². The lowest BCUT2D eigenvalue weighted by Gasteiger charge is -2.08. The number of halogens is 1. The van der Waals surface area contributed by atoms with Crippen molar-refractivity contribution in [1.29, 1.82) is 0 Å². The fraction of sp³-hybridized carbons (Fsp3) is 0.375. The minimum Gasteiger partial charge on any atom is -0.352 e. The van der Waals surface area contributed by atoms with E-state index >= 15 is 0 Å². The lowest BCUT2D eigenvalue weighted by Crippen LogP contribution is -2.28. The maximum Gasteiger partial charge on any atom is 0.255 e. The Kier molecular flexibility index (Phi) is 4.68. The molecule has 1 aromatic carbocycles. The Balaban J connectivity index is 2.33. The lowest BCUT2D eigenvalue weighted by molar-refractivity contribution is 0.0948. The second-order valence-corrected chi connectivity index (χ2v) is 5.97. The number of rotatable bonds is 4. The third-order valence-corrected chi connectivity index (χ3v) is 3.51. The van der Waals surface area contributed by atoms with Crippen molar-refractivity contribution >= 4 is 17.5 Å². The van der Waals surface area contributed by atoms with Crippen LogP contribution in [0.3, 0.4) is 0 Å². The summed E-state index contributed by atoms with van der Waals surface area (Å²) < 4.78 is 1.77. The maximum atomic E-state index is 12.3. The summed E-state index contributed by atoms with van der Waals surface area (Å²) in [7, 11) is 0. The average Bonchev–Trinajstić information content (AvgIpc) is 2.72. The van der Waals surface area contributed by atoms with Crippen LogP contribution in [0.1, 0.15) is 35.6 Å². The number of aromatic nitrogens is 2. The number of amides is 1. The summed E-state index contributed by atoms with van der Waals surface area (Å²) in [6.07, 6.45) is 0. The molecule has 112 valence electrons. The van der Waals surface area contributed by atoms with E-state index < -0.39 is 0 Å².